The summed E-state index contributed by atoms with van der Waals surface area (Å²) in [7, 11) is 1.54. The van der Waals surface area contributed by atoms with Gasteiger partial charge in [0.15, 0.2) is 0 Å². The van der Waals surface area contributed by atoms with Crippen LogP contribution in [0.15, 0.2) is 23.2 Å². The first-order valence-electron chi connectivity index (χ1n) is 5.09. The molecule has 1 unspecified atom stereocenters. The number of hydrogen-bond donors (Lipinski definition) is 2. The lowest BCUT2D eigenvalue weighted by atomic mass is 10.3. The second-order valence-electron chi connectivity index (χ2n) is 3.48. The zero-order valence-electron chi connectivity index (χ0n) is 9.64. The Bertz CT molecular complexity index is 423. The van der Waals surface area contributed by atoms with Crippen LogP contribution in [-0.2, 0) is 4.79 Å². The molecule has 0 radical (unpaired) electrons. The predicted molar refractivity (Wildman–Crippen MR) is 65.2 cm³/mol. The summed E-state index contributed by atoms with van der Waals surface area (Å²) in [5.74, 6) is -1.08. The number of carboxylic acids is 1. The van der Waals surface area contributed by atoms with Gasteiger partial charge in [-0.25, -0.2) is 0 Å². The summed E-state index contributed by atoms with van der Waals surface area (Å²) in [5, 5.41) is 11.1. The zero-order chi connectivity index (χ0) is 12.8. The highest BCUT2D eigenvalue weighted by atomic mass is 32.2. The van der Waals surface area contributed by atoms with E-state index in [4.69, 9.17) is 5.11 Å². The molecule has 5 nitrogen and oxygen atoms in total. The van der Waals surface area contributed by atoms with Crippen LogP contribution in [0.5, 0.6) is 0 Å². The first-order chi connectivity index (χ1) is 8.02. The Morgan fingerprint density at radius 1 is 1.59 bits per heavy atom. The number of amides is 1. The van der Waals surface area contributed by atoms with E-state index in [1.165, 1.54) is 18.8 Å². The van der Waals surface area contributed by atoms with Gasteiger partial charge < -0.3 is 10.4 Å². The Hall–Kier alpha value is -1.56. The third-order valence-electron chi connectivity index (χ3n) is 1.99. The molecule has 0 bridgehead atoms. The minimum Gasteiger partial charge on any atom is -0.481 e. The number of hydrogen-bond acceptors (Lipinski definition) is 4. The molecule has 0 aliphatic heterocycles. The Morgan fingerprint density at radius 3 is 2.88 bits per heavy atom. The Labute approximate surface area is 104 Å². The standard InChI is InChI=1S/C11H14N2O3S/c1-7(5-10(14)15)17-8-3-4-13-9(6-8)11(16)12-2/h3-4,6-7H,5H2,1-2H3,(H,12,16)(H,14,15). The Kier molecular flexibility index (Phi) is 4.96. The van der Waals surface area contributed by atoms with Gasteiger partial charge in [-0.1, -0.05) is 6.92 Å². The van der Waals surface area contributed by atoms with E-state index in [1.807, 2.05) is 6.92 Å². The van der Waals surface area contributed by atoms with E-state index in [1.54, 1.807) is 18.3 Å². The highest BCUT2D eigenvalue weighted by Gasteiger charge is 2.11. The maximum absolute atomic E-state index is 11.4. The SMILES string of the molecule is CNC(=O)c1cc(SC(C)CC(=O)O)ccn1. The number of carboxylic acid groups (broad SMARTS) is 1. The van der Waals surface area contributed by atoms with Gasteiger partial charge in [0, 0.05) is 23.4 Å². The van der Waals surface area contributed by atoms with E-state index in [2.05, 4.69) is 10.3 Å². The van der Waals surface area contributed by atoms with Crippen LogP contribution in [0.2, 0.25) is 0 Å². The molecule has 0 saturated carbocycles. The maximum atomic E-state index is 11.4. The van der Waals surface area contributed by atoms with Gasteiger partial charge in [0.1, 0.15) is 5.69 Å². The Balaban J connectivity index is 2.72. The van der Waals surface area contributed by atoms with Crippen LogP contribution in [0.25, 0.3) is 0 Å². The molecule has 1 rings (SSSR count). The molecule has 6 heteroatoms. The van der Waals surface area contributed by atoms with Crippen molar-refractivity contribution >= 4 is 23.6 Å². The Morgan fingerprint density at radius 2 is 2.29 bits per heavy atom. The fourth-order valence-corrected chi connectivity index (χ4v) is 2.27. The van der Waals surface area contributed by atoms with E-state index < -0.39 is 5.97 Å². The molecule has 0 aliphatic carbocycles. The van der Waals surface area contributed by atoms with Gasteiger partial charge in [0.2, 0.25) is 0 Å². The second kappa shape index (κ2) is 6.24. The van der Waals surface area contributed by atoms with Crippen molar-refractivity contribution in [3.63, 3.8) is 0 Å². The second-order valence-corrected chi connectivity index (χ2v) is 4.99. The first-order valence-corrected chi connectivity index (χ1v) is 5.97. The molecule has 1 aromatic rings. The van der Waals surface area contributed by atoms with Gasteiger partial charge >= 0.3 is 5.97 Å². The number of carbonyl (C=O) groups excluding carboxylic acids is 1. The van der Waals surface area contributed by atoms with Gasteiger partial charge in [-0.05, 0) is 12.1 Å². The van der Waals surface area contributed by atoms with Crippen molar-refractivity contribution in [2.24, 2.45) is 0 Å². The molecule has 0 aromatic carbocycles. The molecule has 1 atom stereocenters. The van der Waals surface area contributed by atoms with Crippen molar-refractivity contribution in [2.75, 3.05) is 7.05 Å². The number of aliphatic carboxylic acids is 1. The quantitative estimate of drug-likeness (QED) is 0.776. The summed E-state index contributed by atoms with van der Waals surface area (Å²) in [5.41, 5.74) is 0.333. The number of carbonyl (C=O) groups is 2. The third kappa shape index (κ3) is 4.44. The normalized spacial score (nSPS) is 11.9. The van der Waals surface area contributed by atoms with Gasteiger partial charge in [-0.3, -0.25) is 14.6 Å². The summed E-state index contributed by atoms with van der Waals surface area (Å²) in [6, 6.07) is 3.41. The number of thioether (sulfide) groups is 1. The molecule has 0 saturated heterocycles. The summed E-state index contributed by atoms with van der Waals surface area (Å²) in [4.78, 5) is 26.7. The monoisotopic (exact) mass is 254 g/mol. The molecular weight excluding hydrogens is 240 g/mol. The smallest absolute Gasteiger partial charge is 0.304 e. The summed E-state index contributed by atoms with van der Waals surface area (Å²) < 4.78 is 0. The molecule has 17 heavy (non-hydrogen) atoms. The van der Waals surface area contributed by atoms with Crippen LogP contribution in [0.4, 0.5) is 0 Å². The van der Waals surface area contributed by atoms with Crippen LogP contribution in [-0.4, -0.2) is 34.3 Å². The molecule has 92 valence electrons. The van der Waals surface area contributed by atoms with Crippen molar-refractivity contribution in [3.8, 4) is 0 Å². The average molecular weight is 254 g/mol. The van der Waals surface area contributed by atoms with Gasteiger partial charge in [-0.2, -0.15) is 0 Å². The number of nitrogens with zero attached hydrogens (tertiary/aromatic N) is 1. The fourth-order valence-electron chi connectivity index (χ4n) is 1.26. The lowest BCUT2D eigenvalue weighted by Gasteiger charge is -2.08. The van der Waals surface area contributed by atoms with Gasteiger partial charge in [-0.15, -0.1) is 11.8 Å². The highest BCUT2D eigenvalue weighted by Crippen LogP contribution is 2.25. The topological polar surface area (TPSA) is 79.3 Å². The van der Waals surface area contributed by atoms with Crippen molar-refractivity contribution in [2.45, 2.75) is 23.5 Å². The maximum Gasteiger partial charge on any atom is 0.304 e. The van der Waals surface area contributed by atoms with E-state index in [0.717, 1.165) is 4.90 Å². The van der Waals surface area contributed by atoms with E-state index in [9.17, 15) is 9.59 Å². The van der Waals surface area contributed by atoms with Crippen molar-refractivity contribution in [3.05, 3.63) is 24.0 Å². The largest absolute Gasteiger partial charge is 0.481 e. The lowest BCUT2D eigenvalue weighted by Crippen LogP contribution is -2.19. The van der Waals surface area contributed by atoms with Crippen LogP contribution < -0.4 is 5.32 Å². The van der Waals surface area contributed by atoms with Crippen molar-refractivity contribution < 1.29 is 14.7 Å². The van der Waals surface area contributed by atoms with E-state index in [-0.39, 0.29) is 17.6 Å². The molecule has 1 aromatic heterocycles. The number of rotatable bonds is 5. The number of pyridine rings is 1. The number of aromatic nitrogens is 1. The lowest BCUT2D eigenvalue weighted by molar-refractivity contribution is -0.136. The molecule has 1 amide bonds. The van der Waals surface area contributed by atoms with Crippen LogP contribution >= 0.6 is 11.8 Å². The average Bonchev–Trinajstić information content (AvgIpc) is 2.27. The molecule has 0 fully saturated rings. The summed E-state index contributed by atoms with van der Waals surface area (Å²) >= 11 is 1.41. The van der Waals surface area contributed by atoms with Crippen molar-refractivity contribution in [1.29, 1.82) is 0 Å². The van der Waals surface area contributed by atoms with Crippen LogP contribution in [0, 0.1) is 0 Å². The first kappa shape index (κ1) is 13.5. The van der Waals surface area contributed by atoms with Crippen molar-refractivity contribution in [1.82, 2.24) is 10.3 Å². The van der Waals surface area contributed by atoms with Gasteiger partial charge in [0.25, 0.3) is 5.91 Å². The summed E-state index contributed by atoms with van der Waals surface area (Å²) in [6.07, 6.45) is 1.63. The molecule has 2 N–H and O–H groups in total. The predicted octanol–water partition coefficient (Wildman–Crippen LogP) is 1.40. The molecule has 0 spiro atoms. The minimum absolute atomic E-state index is 0.0487. The van der Waals surface area contributed by atoms with Gasteiger partial charge in [0.05, 0.1) is 6.42 Å². The van der Waals surface area contributed by atoms with Crippen LogP contribution in [0.1, 0.15) is 23.8 Å². The summed E-state index contributed by atoms with van der Waals surface area (Å²) in [6.45, 7) is 1.83. The zero-order valence-corrected chi connectivity index (χ0v) is 10.5. The highest BCUT2D eigenvalue weighted by molar-refractivity contribution is 8.00. The van der Waals surface area contributed by atoms with Crippen LogP contribution in [0.3, 0.4) is 0 Å². The third-order valence-corrected chi connectivity index (χ3v) is 3.09. The number of nitrogens with one attached hydrogen (secondary N) is 1. The molecule has 1 heterocycles. The van der Waals surface area contributed by atoms with E-state index >= 15 is 0 Å². The molecule has 0 aliphatic rings. The fraction of sp³-hybridized carbons (Fsp3) is 0.364. The minimum atomic E-state index is -0.828. The molecular formula is C11H14N2O3S. The van der Waals surface area contributed by atoms with E-state index in [0.29, 0.717) is 5.69 Å².